The summed E-state index contributed by atoms with van der Waals surface area (Å²) in [5.41, 5.74) is 2.00. The second kappa shape index (κ2) is 5.78. The lowest BCUT2D eigenvalue weighted by Gasteiger charge is -2.41. The maximum Gasteiger partial charge on any atom is 0.411 e. The number of benzene rings is 2. The van der Waals surface area contributed by atoms with Crippen LogP contribution in [0.2, 0.25) is 0 Å². The Morgan fingerprint density at radius 2 is 1.50 bits per heavy atom. The summed E-state index contributed by atoms with van der Waals surface area (Å²) in [6, 6.07) is 19.4. The first-order valence-corrected chi connectivity index (χ1v) is 8.28. The van der Waals surface area contributed by atoms with Crippen LogP contribution in [0.4, 0.5) is 4.79 Å². The van der Waals surface area contributed by atoms with Crippen LogP contribution >= 0.6 is 0 Å². The first-order chi connectivity index (χ1) is 11.7. The van der Waals surface area contributed by atoms with Gasteiger partial charge >= 0.3 is 6.09 Å². The van der Waals surface area contributed by atoms with E-state index in [4.69, 9.17) is 4.74 Å². The van der Waals surface area contributed by atoms with Crippen LogP contribution in [0.1, 0.15) is 36.6 Å². The highest BCUT2D eigenvalue weighted by molar-refractivity contribution is 5.90. The molecule has 1 heterocycles. The third kappa shape index (κ3) is 2.30. The first-order valence-electron chi connectivity index (χ1n) is 8.28. The smallest absolute Gasteiger partial charge is 0.411 e. The van der Waals surface area contributed by atoms with Crippen LogP contribution in [0.25, 0.3) is 0 Å². The van der Waals surface area contributed by atoms with Gasteiger partial charge in [0, 0.05) is 12.3 Å². The van der Waals surface area contributed by atoms with Gasteiger partial charge in [0.25, 0.3) is 0 Å². The number of carbonyl (C=O) groups is 2. The Balaban J connectivity index is 1.76. The van der Waals surface area contributed by atoms with Crippen molar-refractivity contribution in [3.05, 3.63) is 71.8 Å². The van der Waals surface area contributed by atoms with Crippen LogP contribution < -0.4 is 0 Å². The van der Waals surface area contributed by atoms with E-state index in [0.29, 0.717) is 6.42 Å². The van der Waals surface area contributed by atoms with E-state index in [9.17, 15) is 9.59 Å². The van der Waals surface area contributed by atoms with Crippen LogP contribution in [0.15, 0.2) is 60.7 Å². The number of ketones is 1. The molecule has 4 nitrogen and oxygen atoms in total. The average Bonchev–Trinajstić information content (AvgIpc) is 2.97. The molecule has 1 aliphatic heterocycles. The number of hydrogen-bond donors (Lipinski definition) is 0. The molecule has 0 radical (unpaired) electrons. The zero-order valence-corrected chi connectivity index (χ0v) is 13.5. The number of rotatable bonds is 3. The van der Waals surface area contributed by atoms with E-state index in [1.54, 1.807) is 4.90 Å². The quantitative estimate of drug-likeness (QED) is 0.861. The Morgan fingerprint density at radius 3 is 2.04 bits per heavy atom. The Labute approximate surface area is 141 Å². The lowest BCUT2D eigenvalue weighted by atomic mass is 9.77. The fraction of sp³-hybridized carbons (Fsp3) is 0.300. The van der Waals surface area contributed by atoms with Gasteiger partial charge in [0.2, 0.25) is 0 Å². The van der Waals surface area contributed by atoms with Crippen molar-refractivity contribution in [2.24, 2.45) is 5.92 Å². The van der Waals surface area contributed by atoms with Gasteiger partial charge in [-0.05, 0) is 11.1 Å². The summed E-state index contributed by atoms with van der Waals surface area (Å²) in [5, 5.41) is 0. The molecular weight excluding hydrogens is 302 g/mol. The lowest BCUT2D eigenvalue weighted by Crippen LogP contribution is -2.53. The zero-order valence-electron chi connectivity index (χ0n) is 13.5. The molecule has 4 rings (SSSR count). The molecule has 0 aromatic heterocycles. The van der Waals surface area contributed by atoms with Crippen molar-refractivity contribution in [1.82, 2.24) is 4.90 Å². The standard InChI is InChI=1S/C20H19NO3/c1-13-16(12-17(13)22)21-18(14-8-4-2-5-9-14)19(24-20(21)23)15-10-6-3-7-11-15/h2-11,13,16,18-19H,12H2,1H3/t13-,16+,18-,19+/m1/s1. The molecule has 1 amide bonds. The van der Waals surface area contributed by atoms with Crippen molar-refractivity contribution in [1.29, 1.82) is 0 Å². The first kappa shape index (κ1) is 14.9. The van der Waals surface area contributed by atoms with Crippen LogP contribution in [0.5, 0.6) is 0 Å². The van der Waals surface area contributed by atoms with Gasteiger partial charge in [-0.2, -0.15) is 0 Å². The Kier molecular flexibility index (Phi) is 3.60. The minimum Gasteiger partial charge on any atom is -0.439 e. The van der Waals surface area contributed by atoms with E-state index < -0.39 is 0 Å². The second-order valence-electron chi connectivity index (χ2n) is 6.50. The highest BCUT2D eigenvalue weighted by Gasteiger charge is 2.52. The van der Waals surface area contributed by atoms with Gasteiger partial charge in [-0.1, -0.05) is 67.6 Å². The summed E-state index contributed by atoms with van der Waals surface area (Å²) in [7, 11) is 0. The Hall–Kier alpha value is -2.62. The fourth-order valence-corrected chi connectivity index (χ4v) is 3.68. The summed E-state index contributed by atoms with van der Waals surface area (Å²) in [4.78, 5) is 26.1. The van der Waals surface area contributed by atoms with Crippen molar-refractivity contribution < 1.29 is 14.3 Å². The van der Waals surface area contributed by atoms with E-state index in [0.717, 1.165) is 11.1 Å². The molecule has 1 saturated heterocycles. The largest absolute Gasteiger partial charge is 0.439 e. The van der Waals surface area contributed by atoms with Crippen LogP contribution in [0.3, 0.4) is 0 Å². The average molecular weight is 321 g/mol. The lowest BCUT2D eigenvalue weighted by molar-refractivity contribution is -0.134. The number of amides is 1. The van der Waals surface area contributed by atoms with E-state index in [1.807, 2.05) is 67.6 Å². The molecule has 1 aliphatic carbocycles. The van der Waals surface area contributed by atoms with Gasteiger partial charge < -0.3 is 4.74 Å². The van der Waals surface area contributed by atoms with E-state index in [-0.39, 0.29) is 36.0 Å². The molecule has 122 valence electrons. The summed E-state index contributed by atoms with van der Waals surface area (Å²) >= 11 is 0. The zero-order chi connectivity index (χ0) is 16.7. The number of ether oxygens (including phenoxy) is 1. The molecule has 4 atom stereocenters. The van der Waals surface area contributed by atoms with Crippen LogP contribution in [-0.4, -0.2) is 22.8 Å². The predicted octanol–water partition coefficient (Wildman–Crippen LogP) is 3.90. The molecular formula is C20H19NO3. The van der Waals surface area contributed by atoms with Crippen molar-refractivity contribution in [2.75, 3.05) is 0 Å². The van der Waals surface area contributed by atoms with Gasteiger partial charge in [0.1, 0.15) is 11.8 Å². The Morgan fingerprint density at radius 1 is 0.917 bits per heavy atom. The number of cyclic esters (lactones) is 1. The number of hydrogen-bond acceptors (Lipinski definition) is 3. The summed E-state index contributed by atoms with van der Waals surface area (Å²) in [6.45, 7) is 1.89. The highest BCUT2D eigenvalue weighted by Crippen LogP contribution is 2.47. The van der Waals surface area contributed by atoms with E-state index in [2.05, 4.69) is 0 Å². The van der Waals surface area contributed by atoms with E-state index in [1.165, 1.54) is 0 Å². The number of carbonyl (C=O) groups excluding carboxylic acids is 2. The summed E-state index contributed by atoms with van der Waals surface area (Å²) in [6.07, 6.45) is -0.271. The molecule has 0 N–H and O–H groups in total. The maximum absolute atomic E-state index is 12.6. The molecule has 2 aliphatic rings. The molecule has 2 fully saturated rings. The van der Waals surface area contributed by atoms with Crippen molar-refractivity contribution in [2.45, 2.75) is 31.5 Å². The Bertz CT molecular complexity index is 759. The van der Waals surface area contributed by atoms with Gasteiger partial charge in [0.15, 0.2) is 6.10 Å². The normalized spacial score (nSPS) is 29.3. The summed E-state index contributed by atoms with van der Waals surface area (Å²) < 4.78 is 5.74. The van der Waals surface area contributed by atoms with Gasteiger partial charge in [0.05, 0.1) is 6.04 Å². The molecule has 0 unspecified atom stereocenters. The molecule has 0 spiro atoms. The molecule has 2 aromatic rings. The molecule has 4 heteroatoms. The number of nitrogens with zero attached hydrogens (tertiary/aromatic N) is 1. The minimum absolute atomic E-state index is 0.0797. The van der Waals surface area contributed by atoms with Crippen LogP contribution in [0, 0.1) is 5.92 Å². The van der Waals surface area contributed by atoms with Crippen molar-refractivity contribution in [3.63, 3.8) is 0 Å². The van der Waals surface area contributed by atoms with Gasteiger partial charge in [-0.15, -0.1) is 0 Å². The third-order valence-corrected chi connectivity index (χ3v) is 5.15. The number of Topliss-reactive ketones (excluding diaryl/α,β-unsaturated/α-hetero) is 1. The third-order valence-electron chi connectivity index (χ3n) is 5.15. The molecule has 24 heavy (non-hydrogen) atoms. The highest BCUT2D eigenvalue weighted by atomic mass is 16.6. The fourth-order valence-electron chi connectivity index (χ4n) is 3.68. The van der Waals surface area contributed by atoms with E-state index >= 15 is 0 Å². The molecule has 2 aromatic carbocycles. The monoisotopic (exact) mass is 321 g/mol. The van der Waals surface area contributed by atoms with Gasteiger partial charge in [-0.25, -0.2) is 4.79 Å². The summed E-state index contributed by atoms with van der Waals surface area (Å²) in [5.74, 6) is 0.0843. The molecule has 0 bridgehead atoms. The topological polar surface area (TPSA) is 46.6 Å². The minimum atomic E-state index is -0.357. The maximum atomic E-state index is 12.6. The van der Waals surface area contributed by atoms with Crippen LogP contribution in [-0.2, 0) is 9.53 Å². The second-order valence-corrected chi connectivity index (χ2v) is 6.50. The SMILES string of the molecule is C[C@H]1C(=O)C[C@@H]1N1C(=O)O[C@@H](c2ccccc2)[C@H]1c1ccccc1. The predicted molar refractivity (Wildman–Crippen MR) is 89.3 cm³/mol. The van der Waals surface area contributed by atoms with Crippen molar-refractivity contribution >= 4 is 11.9 Å². The van der Waals surface area contributed by atoms with Gasteiger partial charge in [-0.3, -0.25) is 9.69 Å². The molecule has 1 saturated carbocycles. The van der Waals surface area contributed by atoms with Crippen molar-refractivity contribution in [3.8, 4) is 0 Å².